The van der Waals surface area contributed by atoms with Crippen molar-refractivity contribution in [2.75, 3.05) is 26.2 Å². The van der Waals surface area contributed by atoms with E-state index in [1.807, 2.05) is 25.1 Å². The van der Waals surface area contributed by atoms with Crippen molar-refractivity contribution in [1.82, 2.24) is 4.90 Å². The van der Waals surface area contributed by atoms with Gasteiger partial charge in [-0.05, 0) is 60.7 Å². The van der Waals surface area contributed by atoms with Gasteiger partial charge in [0.25, 0.3) is 11.1 Å². The van der Waals surface area contributed by atoms with E-state index in [1.54, 1.807) is 38.5 Å². The topological polar surface area (TPSA) is 67.9 Å². The molecule has 0 aliphatic carbocycles. The van der Waals surface area contributed by atoms with Crippen LogP contribution < -0.4 is 14.8 Å². The van der Waals surface area contributed by atoms with E-state index >= 15 is 0 Å². The summed E-state index contributed by atoms with van der Waals surface area (Å²) in [5.74, 6) is 0.876. The first kappa shape index (κ1) is 20.3. The molecule has 2 aromatic rings. The number of imide groups is 1. The number of nitrogens with zero attached hydrogens (tertiary/aromatic N) is 1. The molecule has 2 aromatic carbocycles. The van der Waals surface area contributed by atoms with Gasteiger partial charge in [0.2, 0.25) is 0 Å². The van der Waals surface area contributed by atoms with Crippen molar-refractivity contribution in [3.63, 3.8) is 0 Å². The standard InChI is InChI=1S/C20H19BrN2O4S/c1-12-8-14(21)5-7-16(12)22-11-23-19(24)18(28-20(23)25)9-13-4-6-15(26-2)10-17(13)27-3/h4-10,22H,11H2,1-3H3/b18-9+. The lowest BCUT2D eigenvalue weighted by Gasteiger charge is -2.16. The van der Waals surface area contributed by atoms with Crippen LogP contribution in [0.5, 0.6) is 11.5 Å². The smallest absolute Gasteiger partial charge is 0.295 e. The molecule has 0 aromatic heterocycles. The number of carbonyl (C=O) groups is 2. The third-order valence-corrected chi connectivity index (χ3v) is 5.62. The minimum Gasteiger partial charge on any atom is -0.497 e. The average molecular weight is 463 g/mol. The summed E-state index contributed by atoms with van der Waals surface area (Å²) in [6, 6.07) is 11.1. The predicted molar refractivity (Wildman–Crippen MR) is 115 cm³/mol. The molecule has 0 unspecified atom stereocenters. The largest absolute Gasteiger partial charge is 0.497 e. The van der Waals surface area contributed by atoms with Gasteiger partial charge in [-0.15, -0.1) is 0 Å². The monoisotopic (exact) mass is 462 g/mol. The van der Waals surface area contributed by atoms with Crippen LogP contribution in [0.4, 0.5) is 10.5 Å². The first-order valence-corrected chi connectivity index (χ1v) is 10.0. The van der Waals surface area contributed by atoms with Gasteiger partial charge in [0.15, 0.2) is 0 Å². The summed E-state index contributed by atoms with van der Waals surface area (Å²) < 4.78 is 11.5. The van der Waals surface area contributed by atoms with Gasteiger partial charge in [0.05, 0.1) is 25.8 Å². The maximum atomic E-state index is 12.7. The lowest BCUT2D eigenvalue weighted by Crippen LogP contribution is -2.33. The molecule has 2 amide bonds. The number of benzene rings is 2. The van der Waals surface area contributed by atoms with Crippen LogP contribution in [0.1, 0.15) is 11.1 Å². The van der Waals surface area contributed by atoms with Gasteiger partial charge in [0, 0.05) is 21.8 Å². The van der Waals surface area contributed by atoms with E-state index in [2.05, 4.69) is 21.2 Å². The lowest BCUT2D eigenvalue weighted by atomic mass is 10.1. The molecule has 1 aliphatic heterocycles. The molecule has 146 valence electrons. The van der Waals surface area contributed by atoms with Crippen molar-refractivity contribution in [3.05, 3.63) is 56.9 Å². The molecule has 1 heterocycles. The minimum atomic E-state index is -0.338. The molecule has 0 bridgehead atoms. The number of nitrogens with one attached hydrogen (secondary N) is 1. The Morgan fingerprint density at radius 1 is 1.14 bits per heavy atom. The Morgan fingerprint density at radius 2 is 1.93 bits per heavy atom. The molecule has 1 aliphatic rings. The number of ether oxygens (including phenoxy) is 2. The molecule has 3 rings (SSSR count). The number of anilines is 1. The zero-order valence-electron chi connectivity index (χ0n) is 15.6. The van der Waals surface area contributed by atoms with E-state index < -0.39 is 0 Å². The molecule has 6 nitrogen and oxygen atoms in total. The van der Waals surface area contributed by atoms with Gasteiger partial charge in [-0.25, -0.2) is 0 Å². The maximum Gasteiger partial charge on any atom is 0.295 e. The van der Waals surface area contributed by atoms with Crippen LogP contribution in [-0.4, -0.2) is 36.9 Å². The molecular formula is C20H19BrN2O4S. The van der Waals surface area contributed by atoms with Crippen molar-refractivity contribution in [2.24, 2.45) is 0 Å². The van der Waals surface area contributed by atoms with Gasteiger partial charge >= 0.3 is 0 Å². The number of methoxy groups -OCH3 is 2. The first-order chi connectivity index (χ1) is 13.4. The van der Waals surface area contributed by atoms with E-state index in [-0.39, 0.29) is 17.8 Å². The maximum absolute atomic E-state index is 12.7. The highest BCUT2D eigenvalue weighted by molar-refractivity contribution is 9.10. The summed E-state index contributed by atoms with van der Waals surface area (Å²) in [6.45, 7) is 2.06. The van der Waals surface area contributed by atoms with Crippen molar-refractivity contribution < 1.29 is 19.1 Å². The quantitative estimate of drug-likeness (QED) is 0.616. The van der Waals surface area contributed by atoms with Crippen LogP contribution in [0.2, 0.25) is 0 Å². The first-order valence-electron chi connectivity index (χ1n) is 8.40. The third kappa shape index (κ3) is 4.34. The van der Waals surface area contributed by atoms with Crippen molar-refractivity contribution in [2.45, 2.75) is 6.92 Å². The number of hydrogen-bond acceptors (Lipinski definition) is 6. The Kier molecular flexibility index (Phi) is 6.31. The Bertz CT molecular complexity index is 961. The second-order valence-electron chi connectivity index (χ2n) is 6.01. The zero-order chi connectivity index (χ0) is 20.3. The van der Waals surface area contributed by atoms with Crippen LogP contribution in [0, 0.1) is 6.92 Å². The van der Waals surface area contributed by atoms with Crippen molar-refractivity contribution in [3.8, 4) is 11.5 Å². The zero-order valence-corrected chi connectivity index (χ0v) is 18.0. The SMILES string of the molecule is COc1ccc(/C=C2/SC(=O)N(CNc3ccc(Br)cc3C)C2=O)c(OC)c1. The summed E-state index contributed by atoms with van der Waals surface area (Å²) in [5, 5.41) is 2.83. The number of carbonyl (C=O) groups excluding carboxylic acids is 2. The molecule has 0 radical (unpaired) electrons. The Labute approximate surface area is 176 Å². The van der Waals surface area contributed by atoms with Crippen LogP contribution in [0.25, 0.3) is 6.08 Å². The highest BCUT2D eigenvalue weighted by atomic mass is 79.9. The van der Waals surface area contributed by atoms with Gasteiger partial charge in [-0.1, -0.05) is 15.9 Å². The number of amides is 2. The second kappa shape index (κ2) is 8.70. The van der Waals surface area contributed by atoms with Crippen LogP contribution in [-0.2, 0) is 4.79 Å². The van der Waals surface area contributed by atoms with Crippen molar-refractivity contribution in [1.29, 1.82) is 0 Å². The van der Waals surface area contributed by atoms with Gasteiger partial charge < -0.3 is 14.8 Å². The van der Waals surface area contributed by atoms with E-state index in [0.717, 1.165) is 27.5 Å². The Hall–Kier alpha value is -2.45. The molecule has 0 saturated carbocycles. The summed E-state index contributed by atoms with van der Waals surface area (Å²) in [7, 11) is 3.11. The molecule has 0 atom stereocenters. The molecular weight excluding hydrogens is 444 g/mol. The van der Waals surface area contributed by atoms with Crippen molar-refractivity contribution >= 4 is 50.6 Å². The molecule has 1 fully saturated rings. The van der Waals surface area contributed by atoms with Crippen LogP contribution >= 0.6 is 27.7 Å². The average Bonchev–Trinajstić information content (AvgIpc) is 2.94. The number of rotatable bonds is 6. The predicted octanol–water partition coefficient (Wildman–Crippen LogP) is 4.88. The van der Waals surface area contributed by atoms with E-state index in [0.29, 0.717) is 22.0 Å². The Balaban J connectivity index is 1.77. The highest BCUT2D eigenvalue weighted by Crippen LogP contribution is 2.35. The molecule has 1 N–H and O–H groups in total. The van der Waals surface area contributed by atoms with E-state index in [9.17, 15) is 9.59 Å². The summed E-state index contributed by atoms with van der Waals surface area (Å²) in [4.78, 5) is 26.6. The van der Waals surface area contributed by atoms with Gasteiger partial charge in [-0.3, -0.25) is 14.5 Å². The summed E-state index contributed by atoms with van der Waals surface area (Å²) >= 11 is 4.33. The lowest BCUT2D eigenvalue weighted by molar-refractivity contribution is -0.122. The fraction of sp³-hybridized carbons (Fsp3) is 0.200. The van der Waals surface area contributed by atoms with E-state index in [1.165, 1.54) is 4.90 Å². The normalized spacial score (nSPS) is 15.3. The van der Waals surface area contributed by atoms with Crippen LogP contribution in [0.15, 0.2) is 45.8 Å². The summed E-state index contributed by atoms with van der Waals surface area (Å²) in [5.41, 5.74) is 2.58. The molecule has 0 spiro atoms. The second-order valence-corrected chi connectivity index (χ2v) is 7.92. The summed E-state index contributed by atoms with van der Waals surface area (Å²) in [6.07, 6.45) is 1.66. The number of halogens is 1. The highest BCUT2D eigenvalue weighted by Gasteiger charge is 2.35. The van der Waals surface area contributed by atoms with Gasteiger partial charge in [0.1, 0.15) is 11.5 Å². The number of thioether (sulfide) groups is 1. The van der Waals surface area contributed by atoms with Gasteiger partial charge in [-0.2, -0.15) is 0 Å². The molecule has 1 saturated heterocycles. The number of hydrogen-bond donors (Lipinski definition) is 1. The fourth-order valence-electron chi connectivity index (χ4n) is 2.70. The minimum absolute atomic E-state index is 0.101. The number of aryl methyl sites for hydroxylation is 1. The fourth-order valence-corrected chi connectivity index (χ4v) is 4.01. The Morgan fingerprint density at radius 3 is 2.61 bits per heavy atom. The van der Waals surface area contributed by atoms with E-state index in [4.69, 9.17) is 9.47 Å². The molecule has 8 heteroatoms. The third-order valence-electron chi connectivity index (χ3n) is 4.22. The van der Waals surface area contributed by atoms with Crippen LogP contribution in [0.3, 0.4) is 0 Å². The molecule has 28 heavy (non-hydrogen) atoms.